The maximum atomic E-state index is 16.1. The summed E-state index contributed by atoms with van der Waals surface area (Å²) >= 11 is 0. The van der Waals surface area contributed by atoms with Gasteiger partial charge >= 0.3 is 0 Å². The topological polar surface area (TPSA) is 128 Å². The largest absolute Gasteiger partial charge is 0.378 e. The van der Waals surface area contributed by atoms with E-state index in [1.807, 2.05) is 28.8 Å². The second-order valence-electron chi connectivity index (χ2n) is 14.3. The van der Waals surface area contributed by atoms with Gasteiger partial charge in [0.15, 0.2) is 0 Å². The summed E-state index contributed by atoms with van der Waals surface area (Å²) in [6, 6.07) is 15.0. The molecule has 2 saturated heterocycles. The molecule has 0 radical (unpaired) electrons. The lowest BCUT2D eigenvalue weighted by Crippen LogP contribution is -2.42. The molecule has 0 bridgehead atoms. The lowest BCUT2D eigenvalue weighted by atomic mass is 10.0. The van der Waals surface area contributed by atoms with Gasteiger partial charge in [-0.05, 0) is 67.8 Å². The maximum Gasteiger partial charge on any atom is 0.239 e. The number of fused-ring (bicyclic) bond motifs is 1. The highest BCUT2D eigenvalue weighted by Crippen LogP contribution is 2.35. The van der Waals surface area contributed by atoms with Crippen molar-refractivity contribution in [2.24, 2.45) is 5.73 Å². The summed E-state index contributed by atoms with van der Waals surface area (Å²) < 4.78 is 59.4. The van der Waals surface area contributed by atoms with Crippen molar-refractivity contribution in [2.45, 2.75) is 63.5 Å². The average molecular weight is 710 g/mol. The van der Waals surface area contributed by atoms with E-state index in [0.29, 0.717) is 55.4 Å². The van der Waals surface area contributed by atoms with Gasteiger partial charge in [-0.3, -0.25) is 4.72 Å². The number of morpholine rings is 1. The molecular formula is C35H48FN7O4SSi. The molecular weight excluding hydrogens is 662 g/mol. The van der Waals surface area contributed by atoms with Gasteiger partial charge in [0, 0.05) is 58.2 Å². The second-order valence-corrected chi connectivity index (χ2v) is 21.9. The molecule has 2 unspecified atom stereocenters. The number of nitrogens with zero attached hydrogens (tertiary/aromatic N) is 5. The molecule has 0 saturated carbocycles. The number of nitrogens with two attached hydrogens (primary N) is 1. The molecule has 2 aliphatic rings. The molecule has 2 fully saturated rings. The van der Waals surface area contributed by atoms with Crippen LogP contribution in [0.1, 0.15) is 30.6 Å². The smallest absolute Gasteiger partial charge is 0.239 e. The first-order valence-electron chi connectivity index (χ1n) is 17.1. The summed E-state index contributed by atoms with van der Waals surface area (Å²) in [7, 11) is -5.23. The number of hydrogen-bond donors (Lipinski definition) is 2. The number of piperidine rings is 1. The monoisotopic (exact) mass is 709 g/mol. The van der Waals surface area contributed by atoms with Crippen LogP contribution in [0.25, 0.3) is 22.3 Å². The summed E-state index contributed by atoms with van der Waals surface area (Å²) in [6.45, 7) is 13.5. The van der Waals surface area contributed by atoms with Crippen LogP contribution in [0.2, 0.25) is 25.7 Å². The van der Waals surface area contributed by atoms with Crippen molar-refractivity contribution in [2.75, 3.05) is 60.5 Å². The van der Waals surface area contributed by atoms with Crippen LogP contribution < -0.4 is 20.3 Å². The molecule has 3 N–H and O–H groups in total. The highest BCUT2D eigenvalue weighted by molar-refractivity contribution is 7.92. The van der Waals surface area contributed by atoms with E-state index in [1.165, 1.54) is 12.4 Å². The van der Waals surface area contributed by atoms with E-state index in [4.69, 9.17) is 15.2 Å². The molecule has 0 amide bonds. The molecule has 0 spiro atoms. The molecule has 11 nitrogen and oxygen atoms in total. The third-order valence-corrected chi connectivity index (χ3v) is 12.8. The number of halogens is 1. The zero-order chi connectivity index (χ0) is 34.8. The third kappa shape index (κ3) is 8.26. The number of rotatable bonds is 12. The Morgan fingerprint density at radius 1 is 1.08 bits per heavy atom. The fourth-order valence-corrected chi connectivity index (χ4v) is 8.30. The first-order valence-corrected chi connectivity index (χ1v) is 22.3. The van der Waals surface area contributed by atoms with Crippen molar-refractivity contribution in [1.29, 1.82) is 0 Å². The Bertz CT molecular complexity index is 1880. The standard InChI is InChI=1S/C35H48FN7O4SSi/c1-25(26-7-5-9-29(19-26)42-12-6-8-27(37)22-42)48(44,45)40-28-10-11-30(32(36)20-28)33-21-31-34(41-13-15-46-16-14-41)38-23-39-35(31)43(33)24-47-17-18-49(2,3)4/h5,7,9-11,19-21,23,25,27,40H,6,8,12-18,22,24,37H2,1-4H3. The van der Waals surface area contributed by atoms with E-state index in [9.17, 15) is 8.42 Å². The third-order valence-electron chi connectivity index (χ3n) is 9.33. The van der Waals surface area contributed by atoms with Gasteiger partial charge in [-0.1, -0.05) is 31.8 Å². The van der Waals surface area contributed by atoms with Crippen molar-refractivity contribution in [3.8, 4) is 11.3 Å². The van der Waals surface area contributed by atoms with Gasteiger partial charge in [-0.25, -0.2) is 22.8 Å². The van der Waals surface area contributed by atoms with Crippen LogP contribution in [-0.2, 0) is 26.2 Å². The van der Waals surface area contributed by atoms with Crippen LogP contribution >= 0.6 is 0 Å². The number of ether oxygens (including phenoxy) is 2. The van der Waals surface area contributed by atoms with E-state index in [1.54, 1.807) is 25.1 Å². The first kappa shape index (κ1) is 35.3. The lowest BCUT2D eigenvalue weighted by molar-refractivity contribution is 0.0908. The number of aromatic nitrogens is 3. The molecule has 4 aromatic rings. The number of sulfonamides is 1. The zero-order valence-corrected chi connectivity index (χ0v) is 30.7. The number of benzene rings is 2. The Morgan fingerprint density at radius 3 is 2.61 bits per heavy atom. The predicted molar refractivity (Wildman–Crippen MR) is 197 cm³/mol. The van der Waals surface area contributed by atoms with Gasteiger partial charge in [-0.2, -0.15) is 0 Å². The molecule has 0 aliphatic carbocycles. The predicted octanol–water partition coefficient (Wildman–Crippen LogP) is 5.82. The molecule has 4 heterocycles. The van der Waals surface area contributed by atoms with Crippen molar-refractivity contribution < 1.29 is 22.3 Å². The Kier molecular flexibility index (Phi) is 10.6. The Morgan fingerprint density at radius 2 is 1.88 bits per heavy atom. The summed E-state index contributed by atoms with van der Waals surface area (Å²) in [4.78, 5) is 13.5. The summed E-state index contributed by atoms with van der Waals surface area (Å²) in [6.07, 6.45) is 3.51. The SMILES string of the molecule is CC(c1cccc(N2CCCC(N)C2)c1)S(=O)(=O)Nc1ccc(-c2cc3c(N4CCOCC4)ncnc3n2COCC[Si](C)(C)C)c(F)c1. The number of anilines is 3. The summed E-state index contributed by atoms with van der Waals surface area (Å²) in [5, 5.41) is -0.0818. The first-order chi connectivity index (χ1) is 23.4. The van der Waals surface area contributed by atoms with Crippen molar-refractivity contribution in [3.05, 3.63) is 66.2 Å². The Hall–Kier alpha value is -3.56. The molecule has 2 aromatic heterocycles. The minimum Gasteiger partial charge on any atom is -0.378 e. The summed E-state index contributed by atoms with van der Waals surface area (Å²) in [5.41, 5.74) is 9.46. The van der Waals surface area contributed by atoms with Gasteiger partial charge in [0.25, 0.3) is 0 Å². The van der Waals surface area contributed by atoms with Crippen LogP contribution in [0.15, 0.2) is 54.9 Å². The van der Waals surface area contributed by atoms with Crippen molar-refractivity contribution in [3.63, 3.8) is 0 Å². The van der Waals surface area contributed by atoms with Gasteiger partial charge in [0.2, 0.25) is 10.0 Å². The van der Waals surface area contributed by atoms with Crippen LogP contribution in [0, 0.1) is 5.82 Å². The van der Waals surface area contributed by atoms with E-state index < -0.39 is 29.2 Å². The quantitative estimate of drug-likeness (QED) is 0.138. The zero-order valence-electron chi connectivity index (χ0n) is 28.9. The van der Waals surface area contributed by atoms with E-state index in [-0.39, 0.29) is 18.5 Å². The number of hydrogen-bond acceptors (Lipinski definition) is 9. The van der Waals surface area contributed by atoms with Gasteiger partial charge in [-0.15, -0.1) is 0 Å². The minimum absolute atomic E-state index is 0.0987. The van der Waals surface area contributed by atoms with Gasteiger partial charge < -0.3 is 29.6 Å². The van der Waals surface area contributed by atoms with Gasteiger partial charge in [0.05, 0.1) is 30.0 Å². The molecule has 2 aliphatic heterocycles. The fraction of sp³-hybridized carbons (Fsp3) is 0.486. The molecule has 2 atom stereocenters. The van der Waals surface area contributed by atoms with Crippen molar-refractivity contribution in [1.82, 2.24) is 14.5 Å². The Labute approximate surface area is 289 Å². The molecule has 264 valence electrons. The maximum absolute atomic E-state index is 16.1. The van der Waals surface area contributed by atoms with E-state index >= 15 is 4.39 Å². The van der Waals surface area contributed by atoms with E-state index in [0.717, 1.165) is 48.9 Å². The fourth-order valence-electron chi connectivity index (χ4n) is 6.40. The molecule has 14 heteroatoms. The molecule has 49 heavy (non-hydrogen) atoms. The molecule has 2 aromatic carbocycles. The van der Waals surface area contributed by atoms with Crippen LogP contribution in [0.5, 0.6) is 0 Å². The highest BCUT2D eigenvalue weighted by atomic mass is 32.2. The van der Waals surface area contributed by atoms with Crippen LogP contribution in [0.4, 0.5) is 21.6 Å². The molecule has 6 rings (SSSR count). The van der Waals surface area contributed by atoms with E-state index in [2.05, 4.69) is 44.1 Å². The van der Waals surface area contributed by atoms with Crippen LogP contribution in [-0.4, -0.2) is 83.1 Å². The Balaban J connectivity index is 1.27. The minimum atomic E-state index is -3.91. The average Bonchev–Trinajstić information content (AvgIpc) is 3.44. The van der Waals surface area contributed by atoms with Crippen LogP contribution in [0.3, 0.4) is 0 Å². The van der Waals surface area contributed by atoms with Gasteiger partial charge in [0.1, 0.15) is 35.6 Å². The summed E-state index contributed by atoms with van der Waals surface area (Å²) in [5.74, 6) is 0.199. The highest BCUT2D eigenvalue weighted by Gasteiger charge is 2.26. The van der Waals surface area contributed by atoms with Crippen molar-refractivity contribution >= 4 is 46.3 Å². The second kappa shape index (κ2) is 14.7. The lowest BCUT2D eigenvalue weighted by Gasteiger charge is -2.33. The number of nitrogens with one attached hydrogen (secondary N) is 1. The normalized spacial score (nSPS) is 18.2.